The number of amides is 1. The minimum atomic E-state index is 0.175. The molecule has 0 heterocycles. The first-order valence-electron chi connectivity index (χ1n) is 7.99. The van der Waals surface area contributed by atoms with Crippen molar-refractivity contribution in [2.45, 2.75) is 57.4 Å². The summed E-state index contributed by atoms with van der Waals surface area (Å²) in [5.41, 5.74) is 2.08. The van der Waals surface area contributed by atoms with Crippen LogP contribution in [0.4, 0.5) is 11.4 Å². The van der Waals surface area contributed by atoms with Gasteiger partial charge in [-0.3, -0.25) is 4.79 Å². The van der Waals surface area contributed by atoms with Gasteiger partial charge in [-0.15, -0.1) is 0 Å². The maximum absolute atomic E-state index is 11.7. The van der Waals surface area contributed by atoms with E-state index in [0.717, 1.165) is 18.5 Å². The Labute approximate surface area is 121 Å². The number of hydrogen-bond donors (Lipinski definition) is 2. The highest BCUT2D eigenvalue weighted by Crippen LogP contribution is 2.30. The van der Waals surface area contributed by atoms with Crippen molar-refractivity contribution in [2.75, 3.05) is 10.6 Å². The van der Waals surface area contributed by atoms with Gasteiger partial charge < -0.3 is 10.6 Å². The van der Waals surface area contributed by atoms with Crippen LogP contribution in [0.5, 0.6) is 0 Å². The third-order valence-electron chi connectivity index (χ3n) is 4.33. The Hall–Kier alpha value is -1.51. The predicted molar refractivity (Wildman–Crippen MR) is 82.9 cm³/mol. The predicted octanol–water partition coefficient (Wildman–Crippen LogP) is 4.17. The van der Waals surface area contributed by atoms with Crippen molar-refractivity contribution >= 4 is 17.3 Å². The van der Waals surface area contributed by atoms with E-state index in [1.165, 1.54) is 44.2 Å². The molecule has 0 bridgehead atoms. The molecule has 1 amide bonds. The van der Waals surface area contributed by atoms with E-state index in [1.807, 2.05) is 12.1 Å². The number of nitrogens with one attached hydrogen (secondary N) is 2. The highest BCUT2D eigenvalue weighted by Gasteiger charge is 2.29. The zero-order chi connectivity index (χ0) is 13.8. The van der Waals surface area contributed by atoms with Crippen molar-refractivity contribution in [1.29, 1.82) is 0 Å². The molecule has 2 aliphatic carbocycles. The molecule has 0 radical (unpaired) electrons. The van der Waals surface area contributed by atoms with Gasteiger partial charge in [-0.2, -0.15) is 0 Å². The van der Waals surface area contributed by atoms with Crippen molar-refractivity contribution in [1.82, 2.24) is 0 Å². The standard InChI is InChI=1S/C17H24N2O/c20-17(13-7-8-13)19-16-11-9-15(10-12-16)18-14-5-3-1-2-4-6-14/h9-14,18H,1-8H2,(H,19,20). The van der Waals surface area contributed by atoms with Gasteiger partial charge in [0.1, 0.15) is 0 Å². The third-order valence-corrected chi connectivity index (χ3v) is 4.33. The monoisotopic (exact) mass is 272 g/mol. The molecule has 1 aromatic rings. The summed E-state index contributed by atoms with van der Waals surface area (Å²) in [5, 5.41) is 6.60. The van der Waals surface area contributed by atoms with Crippen LogP contribution in [0.3, 0.4) is 0 Å². The van der Waals surface area contributed by atoms with Gasteiger partial charge in [0.05, 0.1) is 0 Å². The van der Waals surface area contributed by atoms with Gasteiger partial charge in [0.25, 0.3) is 0 Å². The van der Waals surface area contributed by atoms with Crippen LogP contribution in [0.1, 0.15) is 51.4 Å². The smallest absolute Gasteiger partial charge is 0.227 e. The molecule has 1 aromatic carbocycles. The molecular formula is C17H24N2O. The van der Waals surface area contributed by atoms with Gasteiger partial charge in [-0.1, -0.05) is 25.7 Å². The molecule has 3 rings (SSSR count). The molecule has 2 N–H and O–H groups in total. The summed E-state index contributed by atoms with van der Waals surface area (Å²) >= 11 is 0. The molecule has 0 spiro atoms. The van der Waals surface area contributed by atoms with E-state index < -0.39 is 0 Å². The molecule has 0 aliphatic heterocycles. The number of rotatable bonds is 4. The van der Waals surface area contributed by atoms with Crippen LogP contribution in [0.15, 0.2) is 24.3 Å². The van der Waals surface area contributed by atoms with Gasteiger partial charge in [0.15, 0.2) is 0 Å². The zero-order valence-corrected chi connectivity index (χ0v) is 12.0. The molecule has 2 saturated carbocycles. The number of anilines is 2. The molecule has 0 unspecified atom stereocenters. The summed E-state index contributed by atoms with van der Waals surface area (Å²) in [6, 6.07) is 8.77. The Morgan fingerprint density at radius 1 is 0.850 bits per heavy atom. The van der Waals surface area contributed by atoms with E-state index in [2.05, 4.69) is 22.8 Å². The molecule has 0 atom stereocenters. The van der Waals surface area contributed by atoms with Crippen LogP contribution in [0.25, 0.3) is 0 Å². The molecule has 3 heteroatoms. The number of carbonyl (C=O) groups excluding carboxylic acids is 1. The lowest BCUT2D eigenvalue weighted by atomic mass is 10.1. The van der Waals surface area contributed by atoms with Crippen LogP contribution < -0.4 is 10.6 Å². The summed E-state index contributed by atoms with van der Waals surface area (Å²) in [6.07, 6.45) is 10.1. The first-order chi connectivity index (χ1) is 9.81. The fourth-order valence-corrected chi connectivity index (χ4v) is 2.90. The van der Waals surface area contributed by atoms with Crippen molar-refractivity contribution in [3.8, 4) is 0 Å². The second kappa shape index (κ2) is 6.29. The molecular weight excluding hydrogens is 248 g/mol. The Morgan fingerprint density at radius 3 is 2.05 bits per heavy atom. The van der Waals surface area contributed by atoms with Gasteiger partial charge in [0.2, 0.25) is 5.91 Å². The van der Waals surface area contributed by atoms with Crippen molar-refractivity contribution < 1.29 is 4.79 Å². The summed E-state index contributed by atoms with van der Waals surface area (Å²) in [4.78, 5) is 11.7. The summed E-state index contributed by atoms with van der Waals surface area (Å²) in [5.74, 6) is 0.438. The average molecular weight is 272 g/mol. The maximum Gasteiger partial charge on any atom is 0.227 e. The van der Waals surface area contributed by atoms with Crippen molar-refractivity contribution in [2.24, 2.45) is 5.92 Å². The van der Waals surface area contributed by atoms with E-state index in [9.17, 15) is 4.79 Å². The SMILES string of the molecule is O=C(Nc1ccc(NC2CCCCCC2)cc1)C1CC1. The van der Waals surface area contributed by atoms with E-state index in [4.69, 9.17) is 0 Å². The summed E-state index contributed by atoms with van der Waals surface area (Å²) < 4.78 is 0. The van der Waals surface area contributed by atoms with Crippen LogP contribution in [0, 0.1) is 5.92 Å². The second-order valence-corrected chi connectivity index (χ2v) is 6.17. The van der Waals surface area contributed by atoms with Crippen LogP contribution in [0.2, 0.25) is 0 Å². The maximum atomic E-state index is 11.7. The van der Waals surface area contributed by atoms with Crippen LogP contribution >= 0.6 is 0 Å². The summed E-state index contributed by atoms with van der Waals surface area (Å²) in [7, 11) is 0. The topological polar surface area (TPSA) is 41.1 Å². The highest BCUT2D eigenvalue weighted by molar-refractivity contribution is 5.94. The lowest BCUT2D eigenvalue weighted by molar-refractivity contribution is -0.117. The lowest BCUT2D eigenvalue weighted by Crippen LogP contribution is -2.18. The van der Waals surface area contributed by atoms with E-state index in [-0.39, 0.29) is 11.8 Å². The molecule has 2 fully saturated rings. The number of carbonyl (C=O) groups is 1. The highest BCUT2D eigenvalue weighted by atomic mass is 16.2. The molecule has 0 saturated heterocycles. The molecule has 0 aromatic heterocycles. The Kier molecular flexibility index (Phi) is 4.24. The Bertz CT molecular complexity index is 443. The first kappa shape index (κ1) is 13.5. The average Bonchev–Trinajstić information content (AvgIpc) is 3.28. The van der Waals surface area contributed by atoms with Crippen molar-refractivity contribution in [3.63, 3.8) is 0 Å². The minimum absolute atomic E-state index is 0.175. The van der Waals surface area contributed by atoms with Crippen molar-refractivity contribution in [3.05, 3.63) is 24.3 Å². The van der Waals surface area contributed by atoms with Crippen LogP contribution in [-0.4, -0.2) is 11.9 Å². The fourth-order valence-electron chi connectivity index (χ4n) is 2.90. The lowest BCUT2D eigenvalue weighted by Gasteiger charge is -2.18. The number of benzene rings is 1. The molecule has 2 aliphatic rings. The van der Waals surface area contributed by atoms with E-state index in [0.29, 0.717) is 6.04 Å². The van der Waals surface area contributed by atoms with Gasteiger partial charge in [-0.05, 0) is 49.9 Å². The first-order valence-corrected chi connectivity index (χ1v) is 7.99. The Morgan fingerprint density at radius 2 is 1.45 bits per heavy atom. The normalized spacial score (nSPS) is 20.2. The van der Waals surface area contributed by atoms with Crippen LogP contribution in [-0.2, 0) is 4.79 Å². The summed E-state index contributed by atoms with van der Waals surface area (Å²) in [6.45, 7) is 0. The number of hydrogen-bond acceptors (Lipinski definition) is 2. The van der Waals surface area contributed by atoms with Gasteiger partial charge >= 0.3 is 0 Å². The van der Waals surface area contributed by atoms with E-state index >= 15 is 0 Å². The second-order valence-electron chi connectivity index (χ2n) is 6.17. The van der Waals surface area contributed by atoms with Gasteiger partial charge in [-0.25, -0.2) is 0 Å². The molecule has 108 valence electrons. The fraction of sp³-hybridized carbons (Fsp3) is 0.588. The largest absolute Gasteiger partial charge is 0.382 e. The van der Waals surface area contributed by atoms with Gasteiger partial charge in [0, 0.05) is 23.3 Å². The zero-order valence-electron chi connectivity index (χ0n) is 12.0. The minimum Gasteiger partial charge on any atom is -0.382 e. The Balaban J connectivity index is 1.53. The molecule has 20 heavy (non-hydrogen) atoms. The molecule has 3 nitrogen and oxygen atoms in total. The van der Waals surface area contributed by atoms with E-state index in [1.54, 1.807) is 0 Å². The quantitative estimate of drug-likeness (QED) is 0.808. The third kappa shape index (κ3) is 3.75.